The van der Waals surface area contributed by atoms with Crippen molar-refractivity contribution in [2.75, 3.05) is 19.6 Å². The number of aliphatic hydroxyl groups is 1. The summed E-state index contributed by atoms with van der Waals surface area (Å²) in [7, 11) is 1.51. The molecule has 5 aliphatic rings. The highest BCUT2D eigenvalue weighted by Gasteiger charge is 2.79. The number of methoxy groups -OCH3 is 1. The first-order chi connectivity index (χ1) is 18.9. The molecule has 1 aromatic carbocycles. The van der Waals surface area contributed by atoms with Crippen LogP contribution >= 0.6 is 23.4 Å². The summed E-state index contributed by atoms with van der Waals surface area (Å²) in [6, 6.07) is 7.40. The minimum Gasteiger partial charge on any atom is -0.390 e. The van der Waals surface area contributed by atoms with Crippen molar-refractivity contribution in [3.63, 3.8) is 0 Å². The van der Waals surface area contributed by atoms with Crippen LogP contribution in [-0.4, -0.2) is 64.2 Å². The lowest BCUT2D eigenvalue weighted by Crippen LogP contribution is -2.70. The van der Waals surface area contributed by atoms with E-state index < -0.39 is 46.2 Å². The molecule has 10 heteroatoms. The van der Waals surface area contributed by atoms with E-state index in [4.69, 9.17) is 21.2 Å². The summed E-state index contributed by atoms with van der Waals surface area (Å²) in [5.41, 5.74) is -4.92. The third-order valence-electron chi connectivity index (χ3n) is 10.6. The van der Waals surface area contributed by atoms with Gasteiger partial charge in [-0.3, -0.25) is 14.4 Å². The summed E-state index contributed by atoms with van der Waals surface area (Å²) < 4.78 is 38.5. The maximum atomic E-state index is 17.5. The zero-order valence-corrected chi connectivity index (χ0v) is 24.3. The fourth-order valence-electron chi connectivity index (χ4n) is 8.77. The van der Waals surface area contributed by atoms with Crippen LogP contribution in [0.15, 0.2) is 48.1 Å². The molecule has 0 radical (unpaired) electrons. The normalized spacial score (nSPS) is 44.0. The van der Waals surface area contributed by atoms with Gasteiger partial charge in [-0.1, -0.05) is 48.5 Å². The molecule has 0 aromatic heterocycles. The molecule has 6 nitrogen and oxygen atoms in total. The summed E-state index contributed by atoms with van der Waals surface area (Å²) >= 11 is 7.07. The van der Waals surface area contributed by atoms with E-state index in [0.717, 1.165) is 17.3 Å². The number of alkyl halides is 2. The second-order valence-corrected chi connectivity index (χ2v) is 13.7. The van der Waals surface area contributed by atoms with Gasteiger partial charge in [-0.05, 0) is 67.5 Å². The van der Waals surface area contributed by atoms with Gasteiger partial charge in [0, 0.05) is 47.9 Å². The number of thioether (sulfide) groups is 1. The largest absolute Gasteiger partial charge is 0.390 e. The van der Waals surface area contributed by atoms with Crippen LogP contribution in [0.2, 0.25) is 5.02 Å². The zero-order chi connectivity index (χ0) is 28.7. The SMILES string of the molecule is COCSC(=O)[C@@]12ON(Cc3ccc(Cl)cc3)C[C@@H]1C[C@H]1[C@@H]3C[C@H](F)C4=CC(=O)C=C[C@]4(C)[C@@]3(F)[C@@H](O)CC12C. The monoisotopic (exact) mass is 593 g/mol. The van der Waals surface area contributed by atoms with Crippen molar-refractivity contribution in [1.82, 2.24) is 5.06 Å². The number of hydrogen-bond donors (Lipinski definition) is 1. The van der Waals surface area contributed by atoms with E-state index in [9.17, 15) is 14.7 Å². The maximum Gasteiger partial charge on any atom is 0.226 e. The second-order valence-electron chi connectivity index (χ2n) is 12.4. The van der Waals surface area contributed by atoms with Gasteiger partial charge in [0.1, 0.15) is 6.17 Å². The first kappa shape index (κ1) is 28.5. The Kier molecular flexibility index (Phi) is 6.92. The average Bonchev–Trinajstić information content (AvgIpc) is 3.39. The zero-order valence-electron chi connectivity index (χ0n) is 22.7. The Balaban J connectivity index is 1.39. The second kappa shape index (κ2) is 9.71. The minimum atomic E-state index is -2.20. The molecule has 1 saturated heterocycles. The van der Waals surface area contributed by atoms with E-state index in [1.54, 1.807) is 24.1 Å². The Labute approximate surface area is 242 Å². The first-order valence-corrected chi connectivity index (χ1v) is 15.1. The molecule has 4 fully saturated rings. The molecule has 0 amide bonds. The molecule has 1 unspecified atom stereocenters. The number of benzene rings is 1. The van der Waals surface area contributed by atoms with Crippen LogP contribution in [0.4, 0.5) is 8.78 Å². The fourth-order valence-corrected chi connectivity index (χ4v) is 9.77. The Morgan fingerprint density at radius 1 is 1.25 bits per heavy atom. The van der Waals surface area contributed by atoms with Crippen LogP contribution in [0.5, 0.6) is 0 Å². The van der Waals surface area contributed by atoms with E-state index in [1.807, 2.05) is 19.1 Å². The standard InChI is InChI=1S/C30H34ClF2NO5S/c1-27-9-8-20(35)11-23(27)24(32)12-22-21-10-18-15-34(14-17-4-6-19(31)7-5-17)39-30(18,26(37)40-16-38-3)28(21,2)13-25(36)29(22,27)33/h4-9,11,18,21-22,24-25,36H,10,12-16H2,1-3H3/t18-,21-,22-,24-,25-,27-,28?,29-,30-/m0/s1. The number of hydrogen-bond acceptors (Lipinski definition) is 7. The Morgan fingerprint density at radius 3 is 2.67 bits per heavy atom. The number of rotatable bonds is 5. The van der Waals surface area contributed by atoms with Crippen molar-refractivity contribution in [3.8, 4) is 0 Å². The van der Waals surface area contributed by atoms with Gasteiger partial charge in [-0.15, -0.1) is 0 Å². The highest BCUT2D eigenvalue weighted by Crippen LogP contribution is 2.73. The van der Waals surface area contributed by atoms with Crippen LogP contribution in [0.3, 0.4) is 0 Å². The number of nitrogens with zero attached hydrogens (tertiary/aromatic N) is 1. The van der Waals surface area contributed by atoms with E-state index in [-0.39, 0.29) is 41.2 Å². The molecule has 0 bridgehead atoms. The predicted octanol–water partition coefficient (Wildman–Crippen LogP) is 5.23. The number of hydroxylamine groups is 2. The third kappa shape index (κ3) is 3.74. The van der Waals surface area contributed by atoms with Gasteiger partial charge >= 0.3 is 0 Å². The molecule has 1 aliphatic heterocycles. The molecular weight excluding hydrogens is 560 g/mol. The Morgan fingerprint density at radius 2 is 1.98 bits per heavy atom. The lowest BCUT2D eigenvalue weighted by molar-refractivity contribution is -0.266. The van der Waals surface area contributed by atoms with Crippen LogP contribution in [0, 0.1) is 28.6 Å². The van der Waals surface area contributed by atoms with E-state index in [1.165, 1.54) is 25.3 Å². The quantitative estimate of drug-likeness (QED) is 0.468. The molecule has 1 heterocycles. The molecule has 216 valence electrons. The molecule has 9 atom stereocenters. The Hall–Kier alpha value is -1.62. The van der Waals surface area contributed by atoms with Crippen molar-refractivity contribution < 1.29 is 33.1 Å². The van der Waals surface area contributed by atoms with Gasteiger partial charge in [0.05, 0.1) is 12.0 Å². The molecule has 4 aliphatic carbocycles. The fraction of sp³-hybridized carbons (Fsp3) is 0.600. The predicted molar refractivity (Wildman–Crippen MR) is 148 cm³/mol. The topological polar surface area (TPSA) is 76.1 Å². The number of fused-ring (bicyclic) bond motifs is 7. The molecule has 40 heavy (non-hydrogen) atoms. The average molecular weight is 594 g/mol. The molecule has 1 aromatic rings. The summed E-state index contributed by atoms with van der Waals surface area (Å²) in [5, 5.41) is 13.9. The van der Waals surface area contributed by atoms with Crippen LogP contribution in [0.1, 0.15) is 38.7 Å². The number of ketones is 1. The number of ether oxygens (including phenoxy) is 1. The van der Waals surface area contributed by atoms with Crippen LogP contribution < -0.4 is 0 Å². The smallest absolute Gasteiger partial charge is 0.226 e. The van der Waals surface area contributed by atoms with Crippen molar-refractivity contribution in [1.29, 1.82) is 0 Å². The van der Waals surface area contributed by atoms with Gasteiger partial charge < -0.3 is 9.84 Å². The lowest BCUT2D eigenvalue weighted by atomic mass is 9.44. The van der Waals surface area contributed by atoms with Gasteiger partial charge in [0.25, 0.3) is 0 Å². The van der Waals surface area contributed by atoms with Gasteiger partial charge in [0.15, 0.2) is 17.1 Å². The number of halogens is 3. The van der Waals surface area contributed by atoms with Gasteiger partial charge in [-0.2, -0.15) is 5.06 Å². The van der Waals surface area contributed by atoms with E-state index in [2.05, 4.69) is 0 Å². The number of carbonyl (C=O) groups excluding carboxylic acids is 2. The summed E-state index contributed by atoms with van der Waals surface area (Å²) in [5.74, 6) is -1.82. The molecule has 1 N–H and O–H groups in total. The Bertz CT molecular complexity index is 1290. The number of carbonyl (C=O) groups is 2. The maximum absolute atomic E-state index is 17.5. The van der Waals surface area contributed by atoms with Gasteiger partial charge in [-0.25, -0.2) is 8.78 Å². The van der Waals surface area contributed by atoms with E-state index in [0.29, 0.717) is 24.5 Å². The lowest BCUT2D eigenvalue weighted by Gasteiger charge is -2.63. The summed E-state index contributed by atoms with van der Waals surface area (Å²) in [6.07, 6.45) is 1.14. The van der Waals surface area contributed by atoms with Crippen LogP contribution in [-0.2, 0) is 25.7 Å². The molecule has 6 rings (SSSR count). The highest BCUT2D eigenvalue weighted by atomic mass is 35.5. The van der Waals surface area contributed by atoms with Crippen molar-refractivity contribution in [2.24, 2.45) is 28.6 Å². The van der Waals surface area contributed by atoms with Crippen molar-refractivity contribution in [2.45, 2.75) is 63.2 Å². The minimum absolute atomic E-state index is 0.0309. The number of aliphatic hydroxyl groups excluding tert-OH is 1. The van der Waals surface area contributed by atoms with Crippen LogP contribution in [0.25, 0.3) is 0 Å². The molecule has 0 spiro atoms. The van der Waals surface area contributed by atoms with E-state index >= 15 is 8.78 Å². The highest BCUT2D eigenvalue weighted by molar-refractivity contribution is 8.13. The first-order valence-electron chi connectivity index (χ1n) is 13.7. The molecule has 3 saturated carbocycles. The summed E-state index contributed by atoms with van der Waals surface area (Å²) in [6.45, 7) is 4.35. The third-order valence-corrected chi connectivity index (χ3v) is 11.7. The summed E-state index contributed by atoms with van der Waals surface area (Å²) in [4.78, 5) is 32.8. The van der Waals surface area contributed by atoms with Gasteiger partial charge in [0.2, 0.25) is 5.12 Å². The number of allylic oxidation sites excluding steroid dienone is 4. The molecular formula is C30H34ClF2NO5S. The van der Waals surface area contributed by atoms with Crippen molar-refractivity contribution in [3.05, 3.63) is 58.7 Å². The van der Waals surface area contributed by atoms with Crippen molar-refractivity contribution >= 4 is 34.3 Å².